The van der Waals surface area contributed by atoms with Crippen LogP contribution < -0.4 is 10.6 Å². The first kappa shape index (κ1) is 21.3. The maximum absolute atomic E-state index is 12.8. The first-order valence-corrected chi connectivity index (χ1v) is 10.0. The lowest BCUT2D eigenvalue weighted by molar-refractivity contribution is -0.121. The number of hydrogen-bond acceptors (Lipinski definition) is 4. The van der Waals surface area contributed by atoms with Crippen LogP contribution in [0, 0.1) is 5.92 Å². The van der Waals surface area contributed by atoms with Gasteiger partial charge in [0.05, 0.1) is 0 Å². The van der Waals surface area contributed by atoms with Gasteiger partial charge in [-0.15, -0.1) is 12.4 Å². The van der Waals surface area contributed by atoms with Crippen molar-refractivity contribution >= 4 is 40.9 Å². The zero-order chi connectivity index (χ0) is 19.5. The fraction of sp³-hybridized carbons (Fsp3) is 0.409. The number of imide groups is 1. The minimum Gasteiger partial charge on any atom is -0.356 e. The predicted molar refractivity (Wildman–Crippen MR) is 114 cm³/mol. The first-order chi connectivity index (χ1) is 13.6. The number of nitrogens with zero attached hydrogens (tertiary/aromatic N) is 1. The van der Waals surface area contributed by atoms with E-state index in [2.05, 4.69) is 10.6 Å². The second-order valence-corrected chi connectivity index (χ2v) is 7.57. The lowest BCUT2D eigenvalue weighted by Gasteiger charge is -2.27. The molecule has 0 radical (unpaired) electrons. The fourth-order valence-electron chi connectivity index (χ4n) is 4.15. The molecule has 154 valence electrons. The molecule has 3 amide bonds. The van der Waals surface area contributed by atoms with Gasteiger partial charge >= 0.3 is 0 Å². The second kappa shape index (κ2) is 9.37. The molecule has 0 saturated carbocycles. The Labute approximate surface area is 176 Å². The Balaban J connectivity index is 0.00000240. The second-order valence-electron chi connectivity index (χ2n) is 7.57. The number of nitrogens with one attached hydrogen (secondary N) is 2. The minimum atomic E-state index is -0.275. The van der Waals surface area contributed by atoms with E-state index >= 15 is 0 Å². The third kappa shape index (κ3) is 4.43. The number of amides is 3. The molecule has 4 rings (SSSR count). The van der Waals surface area contributed by atoms with Crippen LogP contribution in [0.25, 0.3) is 10.8 Å². The van der Waals surface area contributed by atoms with E-state index in [1.54, 1.807) is 12.1 Å². The molecule has 2 N–H and O–H groups in total. The van der Waals surface area contributed by atoms with Crippen LogP contribution in [0.15, 0.2) is 36.4 Å². The SMILES string of the molecule is Cl.O=C(CCCN1C(=O)c2cccc3cccc(c23)C1=O)NCCC1CCNC1. The summed E-state index contributed by atoms with van der Waals surface area (Å²) in [6.07, 6.45) is 2.93. The Morgan fingerprint density at radius 2 is 1.79 bits per heavy atom. The van der Waals surface area contributed by atoms with Gasteiger partial charge in [-0.1, -0.05) is 24.3 Å². The van der Waals surface area contributed by atoms with Crippen molar-refractivity contribution in [3.63, 3.8) is 0 Å². The highest BCUT2D eigenvalue weighted by Crippen LogP contribution is 2.30. The first-order valence-electron chi connectivity index (χ1n) is 10.0. The van der Waals surface area contributed by atoms with E-state index in [9.17, 15) is 14.4 Å². The molecule has 1 saturated heterocycles. The lowest BCUT2D eigenvalue weighted by Crippen LogP contribution is -2.41. The summed E-state index contributed by atoms with van der Waals surface area (Å²) in [4.78, 5) is 38.9. The van der Waals surface area contributed by atoms with Crippen LogP contribution in [-0.4, -0.2) is 48.8 Å². The number of rotatable bonds is 7. The Bertz CT molecular complexity index is 874. The van der Waals surface area contributed by atoms with Gasteiger partial charge in [0.15, 0.2) is 0 Å². The molecule has 2 aromatic carbocycles. The molecule has 7 heteroatoms. The van der Waals surface area contributed by atoms with Gasteiger partial charge in [0, 0.05) is 36.0 Å². The minimum absolute atomic E-state index is 0. The molecule has 0 aliphatic carbocycles. The van der Waals surface area contributed by atoms with E-state index in [-0.39, 0.29) is 36.7 Å². The topological polar surface area (TPSA) is 78.5 Å². The van der Waals surface area contributed by atoms with Crippen LogP contribution in [0.3, 0.4) is 0 Å². The van der Waals surface area contributed by atoms with Crippen molar-refractivity contribution in [2.45, 2.75) is 25.7 Å². The summed E-state index contributed by atoms with van der Waals surface area (Å²) < 4.78 is 0. The van der Waals surface area contributed by atoms with Gasteiger partial charge in [-0.25, -0.2) is 0 Å². The molecule has 1 atom stereocenters. The van der Waals surface area contributed by atoms with E-state index < -0.39 is 0 Å². The molecule has 1 fully saturated rings. The van der Waals surface area contributed by atoms with Gasteiger partial charge in [0.25, 0.3) is 11.8 Å². The van der Waals surface area contributed by atoms with Crippen molar-refractivity contribution in [3.8, 4) is 0 Å². The van der Waals surface area contributed by atoms with E-state index in [0.717, 1.165) is 30.3 Å². The van der Waals surface area contributed by atoms with Gasteiger partial charge in [-0.05, 0) is 55.8 Å². The zero-order valence-corrected chi connectivity index (χ0v) is 17.1. The van der Waals surface area contributed by atoms with E-state index in [1.165, 1.54) is 11.3 Å². The van der Waals surface area contributed by atoms with Crippen molar-refractivity contribution in [1.82, 2.24) is 15.5 Å². The fourth-order valence-corrected chi connectivity index (χ4v) is 4.15. The molecular formula is C22H26ClN3O3. The van der Waals surface area contributed by atoms with Crippen molar-refractivity contribution in [1.29, 1.82) is 0 Å². The highest BCUT2D eigenvalue weighted by atomic mass is 35.5. The van der Waals surface area contributed by atoms with Gasteiger partial charge in [-0.3, -0.25) is 19.3 Å². The molecular weight excluding hydrogens is 390 g/mol. The van der Waals surface area contributed by atoms with Crippen LogP contribution in [0.5, 0.6) is 0 Å². The summed E-state index contributed by atoms with van der Waals surface area (Å²) in [5, 5.41) is 7.90. The normalized spacial score (nSPS) is 18.1. The summed E-state index contributed by atoms with van der Waals surface area (Å²) >= 11 is 0. The smallest absolute Gasteiger partial charge is 0.261 e. The highest BCUT2D eigenvalue weighted by Gasteiger charge is 2.32. The number of carbonyl (C=O) groups is 3. The van der Waals surface area contributed by atoms with Crippen LogP contribution in [0.2, 0.25) is 0 Å². The maximum Gasteiger partial charge on any atom is 0.261 e. The Hall–Kier alpha value is -2.44. The van der Waals surface area contributed by atoms with Crippen LogP contribution >= 0.6 is 12.4 Å². The maximum atomic E-state index is 12.8. The van der Waals surface area contributed by atoms with Gasteiger partial charge in [0.1, 0.15) is 0 Å². The third-order valence-corrected chi connectivity index (χ3v) is 5.68. The van der Waals surface area contributed by atoms with E-state index in [4.69, 9.17) is 0 Å². The highest BCUT2D eigenvalue weighted by molar-refractivity contribution is 6.25. The number of benzene rings is 2. The van der Waals surface area contributed by atoms with Crippen molar-refractivity contribution in [2.24, 2.45) is 5.92 Å². The number of hydrogen-bond donors (Lipinski definition) is 2. The molecule has 2 aliphatic heterocycles. The third-order valence-electron chi connectivity index (χ3n) is 5.68. The van der Waals surface area contributed by atoms with E-state index in [0.29, 0.717) is 36.4 Å². The van der Waals surface area contributed by atoms with Gasteiger partial charge in [-0.2, -0.15) is 0 Å². The van der Waals surface area contributed by atoms with Crippen molar-refractivity contribution in [3.05, 3.63) is 47.5 Å². The quantitative estimate of drug-likeness (QED) is 0.681. The zero-order valence-electron chi connectivity index (χ0n) is 16.3. The summed E-state index contributed by atoms with van der Waals surface area (Å²) in [7, 11) is 0. The van der Waals surface area contributed by atoms with Gasteiger partial charge in [0.2, 0.25) is 5.91 Å². The molecule has 1 unspecified atom stereocenters. The molecule has 6 nitrogen and oxygen atoms in total. The Morgan fingerprint density at radius 1 is 1.10 bits per heavy atom. The van der Waals surface area contributed by atoms with Crippen LogP contribution in [0.4, 0.5) is 0 Å². The summed E-state index contributed by atoms with van der Waals surface area (Å²) in [5.74, 6) is 0.0731. The number of carbonyl (C=O) groups excluding carboxylic acids is 3. The molecule has 0 aromatic heterocycles. The number of halogens is 1. The molecule has 0 bridgehead atoms. The predicted octanol–water partition coefficient (Wildman–Crippen LogP) is 2.75. The largest absolute Gasteiger partial charge is 0.356 e. The van der Waals surface area contributed by atoms with E-state index in [1.807, 2.05) is 24.3 Å². The molecule has 2 heterocycles. The van der Waals surface area contributed by atoms with Crippen molar-refractivity contribution in [2.75, 3.05) is 26.2 Å². The van der Waals surface area contributed by atoms with Crippen LogP contribution in [-0.2, 0) is 4.79 Å². The monoisotopic (exact) mass is 415 g/mol. The Kier molecular flexibility index (Phi) is 6.87. The average Bonchev–Trinajstić information content (AvgIpc) is 3.22. The Morgan fingerprint density at radius 3 is 2.41 bits per heavy atom. The molecule has 2 aliphatic rings. The molecule has 0 spiro atoms. The molecule has 29 heavy (non-hydrogen) atoms. The molecule has 2 aromatic rings. The summed E-state index contributed by atoms with van der Waals surface area (Å²) in [5.41, 5.74) is 1.12. The van der Waals surface area contributed by atoms with Crippen LogP contribution in [0.1, 0.15) is 46.4 Å². The lowest BCUT2D eigenvalue weighted by atomic mass is 9.94. The standard InChI is InChI=1S/C22H25N3O3.ClH/c26-19(24-12-10-15-9-11-23-14-15)8-3-13-25-21(27)17-6-1-4-16-5-2-7-18(20(16)17)22(25)28;/h1-2,4-7,15,23H,3,8-14H2,(H,24,26);1H. The average molecular weight is 416 g/mol. The van der Waals surface area contributed by atoms with Gasteiger partial charge < -0.3 is 10.6 Å². The summed E-state index contributed by atoms with van der Waals surface area (Å²) in [6, 6.07) is 11.0. The summed E-state index contributed by atoms with van der Waals surface area (Å²) in [6.45, 7) is 3.03. The van der Waals surface area contributed by atoms with Crippen molar-refractivity contribution < 1.29 is 14.4 Å².